The molecule has 1 amide bonds. The van der Waals surface area contributed by atoms with Crippen molar-refractivity contribution in [1.82, 2.24) is 20.0 Å². The maximum Gasteiger partial charge on any atom is 0.335 e. The first-order chi connectivity index (χ1) is 10.6. The summed E-state index contributed by atoms with van der Waals surface area (Å²) in [7, 11) is 0. The summed E-state index contributed by atoms with van der Waals surface area (Å²) in [5.41, 5.74) is 1.44. The van der Waals surface area contributed by atoms with Crippen LogP contribution in [0, 0.1) is 0 Å². The fourth-order valence-corrected chi connectivity index (χ4v) is 2.11. The summed E-state index contributed by atoms with van der Waals surface area (Å²) >= 11 is 0. The number of fused-ring (bicyclic) bond motifs is 1. The SMILES string of the molecule is O=C(Cc1ccccc1C(=O)O)Nc1cccn2nnnc12. The van der Waals surface area contributed by atoms with E-state index in [2.05, 4.69) is 20.8 Å². The summed E-state index contributed by atoms with van der Waals surface area (Å²) in [6, 6.07) is 9.76. The molecule has 0 aliphatic carbocycles. The van der Waals surface area contributed by atoms with Gasteiger partial charge in [0, 0.05) is 6.20 Å². The van der Waals surface area contributed by atoms with Crippen molar-refractivity contribution in [1.29, 1.82) is 0 Å². The summed E-state index contributed by atoms with van der Waals surface area (Å²) in [6.07, 6.45) is 1.61. The molecule has 22 heavy (non-hydrogen) atoms. The second kappa shape index (κ2) is 5.60. The summed E-state index contributed by atoms with van der Waals surface area (Å²) in [5, 5.41) is 22.9. The van der Waals surface area contributed by atoms with Crippen LogP contribution >= 0.6 is 0 Å². The molecule has 0 bridgehead atoms. The summed E-state index contributed by atoms with van der Waals surface area (Å²) < 4.78 is 1.43. The Morgan fingerprint density at radius 1 is 1.18 bits per heavy atom. The van der Waals surface area contributed by atoms with Gasteiger partial charge < -0.3 is 10.4 Å². The van der Waals surface area contributed by atoms with Crippen LogP contribution < -0.4 is 5.32 Å². The van der Waals surface area contributed by atoms with Gasteiger partial charge in [-0.2, -0.15) is 4.52 Å². The minimum absolute atomic E-state index is 0.0505. The highest BCUT2D eigenvalue weighted by molar-refractivity contribution is 5.97. The van der Waals surface area contributed by atoms with Crippen LogP contribution in [-0.4, -0.2) is 37.0 Å². The van der Waals surface area contributed by atoms with E-state index in [-0.39, 0.29) is 17.9 Å². The smallest absolute Gasteiger partial charge is 0.335 e. The molecule has 0 aliphatic heterocycles. The van der Waals surface area contributed by atoms with E-state index < -0.39 is 5.97 Å². The Labute approximate surface area is 124 Å². The standard InChI is InChI=1S/C14H11N5O3/c20-12(8-9-4-1-2-5-10(9)14(21)22)15-11-6-3-7-19-13(11)16-17-18-19/h1-7H,8H2,(H,15,20)(H,21,22). The van der Waals surface area contributed by atoms with E-state index in [0.29, 0.717) is 16.9 Å². The van der Waals surface area contributed by atoms with Gasteiger partial charge in [0.05, 0.1) is 17.7 Å². The second-order valence-corrected chi connectivity index (χ2v) is 4.56. The number of amides is 1. The van der Waals surface area contributed by atoms with Gasteiger partial charge >= 0.3 is 5.97 Å². The van der Waals surface area contributed by atoms with Crippen molar-refractivity contribution in [3.05, 3.63) is 53.7 Å². The zero-order valence-corrected chi connectivity index (χ0v) is 11.3. The molecule has 2 heterocycles. The molecule has 3 aromatic rings. The average Bonchev–Trinajstić information content (AvgIpc) is 2.97. The molecule has 8 nitrogen and oxygen atoms in total. The molecule has 0 saturated carbocycles. The zero-order valence-electron chi connectivity index (χ0n) is 11.3. The largest absolute Gasteiger partial charge is 0.478 e. The number of nitrogens with zero attached hydrogens (tertiary/aromatic N) is 4. The highest BCUT2D eigenvalue weighted by Gasteiger charge is 2.14. The van der Waals surface area contributed by atoms with Gasteiger partial charge in [0.25, 0.3) is 0 Å². The van der Waals surface area contributed by atoms with Crippen molar-refractivity contribution in [2.45, 2.75) is 6.42 Å². The Hall–Kier alpha value is -3.29. The van der Waals surface area contributed by atoms with E-state index in [1.54, 1.807) is 36.5 Å². The first-order valence-electron chi connectivity index (χ1n) is 6.43. The van der Waals surface area contributed by atoms with E-state index in [4.69, 9.17) is 5.11 Å². The van der Waals surface area contributed by atoms with E-state index in [1.807, 2.05) is 0 Å². The van der Waals surface area contributed by atoms with Crippen molar-refractivity contribution < 1.29 is 14.7 Å². The summed E-state index contributed by atoms with van der Waals surface area (Å²) in [4.78, 5) is 23.3. The number of carboxylic acid groups (broad SMARTS) is 1. The monoisotopic (exact) mass is 297 g/mol. The number of rotatable bonds is 4. The van der Waals surface area contributed by atoms with Gasteiger partial charge in [-0.1, -0.05) is 18.2 Å². The number of carboxylic acids is 1. The molecule has 110 valence electrons. The Bertz CT molecular complexity index is 858. The minimum atomic E-state index is -1.06. The van der Waals surface area contributed by atoms with Gasteiger partial charge in [-0.15, -0.1) is 5.10 Å². The van der Waals surface area contributed by atoms with Crippen LogP contribution in [0.1, 0.15) is 15.9 Å². The number of anilines is 1. The molecule has 0 saturated heterocycles. The zero-order chi connectivity index (χ0) is 15.5. The average molecular weight is 297 g/mol. The predicted molar refractivity (Wildman–Crippen MR) is 76.5 cm³/mol. The third-order valence-corrected chi connectivity index (χ3v) is 3.10. The lowest BCUT2D eigenvalue weighted by atomic mass is 10.0. The van der Waals surface area contributed by atoms with Crippen LogP contribution in [0.15, 0.2) is 42.6 Å². The molecule has 8 heteroatoms. The second-order valence-electron chi connectivity index (χ2n) is 4.56. The van der Waals surface area contributed by atoms with Crippen molar-refractivity contribution in [2.75, 3.05) is 5.32 Å². The number of tetrazole rings is 1. The first kappa shape index (κ1) is 13.7. The molecule has 0 unspecified atom stereocenters. The Kier molecular flexibility index (Phi) is 3.48. The fraction of sp³-hybridized carbons (Fsp3) is 0.0714. The number of aromatic carboxylic acids is 1. The number of pyridine rings is 1. The van der Waals surface area contributed by atoms with Gasteiger partial charge in [-0.3, -0.25) is 4.79 Å². The van der Waals surface area contributed by atoms with Crippen molar-refractivity contribution in [2.24, 2.45) is 0 Å². The van der Waals surface area contributed by atoms with E-state index in [1.165, 1.54) is 10.6 Å². The third-order valence-electron chi connectivity index (χ3n) is 3.10. The van der Waals surface area contributed by atoms with Crippen LogP contribution in [0.5, 0.6) is 0 Å². The fourth-order valence-electron chi connectivity index (χ4n) is 2.11. The number of hydrogen-bond donors (Lipinski definition) is 2. The molecular weight excluding hydrogens is 286 g/mol. The number of aromatic nitrogens is 4. The molecule has 2 aromatic heterocycles. The molecular formula is C14H11N5O3. The number of carbonyl (C=O) groups is 2. The molecule has 0 fully saturated rings. The normalized spacial score (nSPS) is 10.5. The van der Waals surface area contributed by atoms with Gasteiger partial charge in [0.15, 0.2) is 0 Å². The first-order valence-corrected chi connectivity index (χ1v) is 6.43. The van der Waals surface area contributed by atoms with E-state index in [9.17, 15) is 9.59 Å². The molecule has 2 N–H and O–H groups in total. The molecule has 1 aromatic carbocycles. The highest BCUT2D eigenvalue weighted by Crippen LogP contribution is 2.14. The van der Waals surface area contributed by atoms with Crippen molar-refractivity contribution in [3.8, 4) is 0 Å². The topological polar surface area (TPSA) is 109 Å². The Balaban J connectivity index is 1.81. The van der Waals surface area contributed by atoms with Gasteiger partial charge in [-0.25, -0.2) is 4.79 Å². The number of hydrogen-bond acceptors (Lipinski definition) is 5. The predicted octanol–water partition coefficient (Wildman–Crippen LogP) is 1.00. The lowest BCUT2D eigenvalue weighted by Gasteiger charge is -2.07. The van der Waals surface area contributed by atoms with Crippen LogP contribution in [0.3, 0.4) is 0 Å². The summed E-state index contributed by atoms with van der Waals surface area (Å²) in [6.45, 7) is 0. The summed E-state index contributed by atoms with van der Waals surface area (Å²) in [5.74, 6) is -1.41. The van der Waals surface area contributed by atoms with Crippen molar-refractivity contribution in [3.63, 3.8) is 0 Å². The van der Waals surface area contributed by atoms with Gasteiger partial charge in [0.2, 0.25) is 11.6 Å². The molecule has 0 atom stereocenters. The highest BCUT2D eigenvalue weighted by atomic mass is 16.4. The lowest BCUT2D eigenvalue weighted by molar-refractivity contribution is -0.115. The number of nitrogens with one attached hydrogen (secondary N) is 1. The Morgan fingerprint density at radius 3 is 2.82 bits per heavy atom. The quantitative estimate of drug-likeness (QED) is 0.743. The van der Waals surface area contributed by atoms with E-state index in [0.717, 1.165) is 0 Å². The molecule has 3 rings (SSSR count). The molecule has 0 radical (unpaired) electrons. The third kappa shape index (κ3) is 2.62. The van der Waals surface area contributed by atoms with Crippen LogP contribution in [-0.2, 0) is 11.2 Å². The van der Waals surface area contributed by atoms with Gasteiger partial charge in [-0.05, 0) is 34.2 Å². The van der Waals surface area contributed by atoms with Gasteiger partial charge in [0.1, 0.15) is 0 Å². The number of carbonyl (C=O) groups excluding carboxylic acids is 1. The van der Waals surface area contributed by atoms with Crippen LogP contribution in [0.4, 0.5) is 5.69 Å². The van der Waals surface area contributed by atoms with Crippen LogP contribution in [0.25, 0.3) is 5.65 Å². The maximum atomic E-state index is 12.1. The van der Waals surface area contributed by atoms with E-state index >= 15 is 0 Å². The minimum Gasteiger partial charge on any atom is -0.478 e. The van der Waals surface area contributed by atoms with Crippen LogP contribution in [0.2, 0.25) is 0 Å². The lowest BCUT2D eigenvalue weighted by Crippen LogP contribution is -2.17. The maximum absolute atomic E-state index is 12.1. The Morgan fingerprint density at radius 2 is 2.00 bits per heavy atom. The molecule has 0 spiro atoms. The van der Waals surface area contributed by atoms with Crippen molar-refractivity contribution >= 4 is 23.2 Å². The number of benzene rings is 1. The molecule has 0 aliphatic rings.